The molecule has 0 spiro atoms. The number of nitrogens with zero attached hydrogens (tertiary/aromatic N) is 2. The van der Waals surface area contributed by atoms with Crippen molar-refractivity contribution in [2.45, 2.75) is 66.7 Å². The van der Waals surface area contributed by atoms with E-state index in [1.165, 1.54) is 22.3 Å². The Bertz CT molecular complexity index is 1030. The normalized spacial score (nSPS) is 11.2. The number of rotatable bonds is 11. The first kappa shape index (κ1) is 24.7. The summed E-state index contributed by atoms with van der Waals surface area (Å²) in [6.07, 6.45) is 4.02. The van der Waals surface area contributed by atoms with E-state index in [2.05, 4.69) is 101 Å². The van der Waals surface area contributed by atoms with E-state index in [4.69, 9.17) is 9.72 Å². The average Bonchev–Trinajstić information content (AvgIpc) is 2.80. The van der Waals surface area contributed by atoms with Crippen LogP contribution in [0.15, 0.2) is 67.3 Å². The van der Waals surface area contributed by atoms with Crippen LogP contribution in [0.1, 0.15) is 55.6 Å². The van der Waals surface area contributed by atoms with Crippen LogP contribution in [0.3, 0.4) is 0 Å². The summed E-state index contributed by atoms with van der Waals surface area (Å²) in [7, 11) is 0. The van der Waals surface area contributed by atoms with E-state index >= 15 is 0 Å². The first-order chi connectivity index (χ1) is 16.0. The van der Waals surface area contributed by atoms with Crippen molar-refractivity contribution in [2.75, 3.05) is 6.54 Å². The van der Waals surface area contributed by atoms with Gasteiger partial charge in [0.15, 0.2) is 0 Å². The lowest BCUT2D eigenvalue weighted by Gasteiger charge is -2.25. The molecule has 3 heteroatoms. The third-order valence-electron chi connectivity index (χ3n) is 5.93. The Hall–Kier alpha value is -2.91. The smallest absolute Gasteiger partial charge is 0.128 e. The highest BCUT2D eigenvalue weighted by Crippen LogP contribution is 2.34. The van der Waals surface area contributed by atoms with Gasteiger partial charge in [-0.25, -0.2) is 0 Å². The molecule has 0 fully saturated rings. The van der Waals surface area contributed by atoms with Gasteiger partial charge in [-0.15, -0.1) is 6.58 Å². The van der Waals surface area contributed by atoms with Crippen molar-refractivity contribution in [2.24, 2.45) is 0 Å². The van der Waals surface area contributed by atoms with Gasteiger partial charge in [-0.2, -0.15) is 0 Å². The molecule has 0 radical (unpaired) electrons. The average molecular weight is 443 g/mol. The number of aromatic nitrogens is 1. The van der Waals surface area contributed by atoms with Crippen molar-refractivity contribution in [3.8, 4) is 17.0 Å². The molecular formula is C30H38N2O. The first-order valence-corrected chi connectivity index (χ1v) is 12.1. The Balaban J connectivity index is 2.05. The Morgan fingerprint density at radius 1 is 0.970 bits per heavy atom. The molecule has 3 rings (SSSR count). The van der Waals surface area contributed by atoms with Gasteiger partial charge in [-0.05, 0) is 50.3 Å². The Morgan fingerprint density at radius 2 is 1.64 bits per heavy atom. The molecule has 2 aromatic carbocycles. The number of aryl methyl sites for hydroxylation is 3. The van der Waals surface area contributed by atoms with E-state index in [0.29, 0.717) is 0 Å². The second-order valence-corrected chi connectivity index (χ2v) is 8.84. The molecule has 3 nitrogen and oxygen atoms in total. The van der Waals surface area contributed by atoms with E-state index < -0.39 is 0 Å². The van der Waals surface area contributed by atoms with Crippen LogP contribution in [-0.4, -0.2) is 22.5 Å². The van der Waals surface area contributed by atoms with Gasteiger partial charge in [0.1, 0.15) is 5.75 Å². The molecular weight excluding hydrogens is 404 g/mol. The summed E-state index contributed by atoms with van der Waals surface area (Å²) in [4.78, 5) is 7.50. The topological polar surface area (TPSA) is 25.4 Å². The standard InChI is InChI=1S/C30H38N2O/c1-7-18-32(20-24-14-11-10-12-15-24)21-27-23(6)31-28(19-29(27)33-22(4)5)30-25(8-2)16-13-17-26(30)9-3/h7,10-17,19,22H,1,8-9,18,20-21H2,2-6H3. The van der Waals surface area contributed by atoms with Crippen molar-refractivity contribution < 1.29 is 4.74 Å². The van der Waals surface area contributed by atoms with Crippen LogP contribution >= 0.6 is 0 Å². The van der Waals surface area contributed by atoms with Gasteiger partial charge in [0, 0.05) is 42.5 Å². The lowest BCUT2D eigenvalue weighted by molar-refractivity contribution is 0.229. The quantitative estimate of drug-likeness (QED) is 0.295. The van der Waals surface area contributed by atoms with E-state index in [1.54, 1.807) is 0 Å². The third-order valence-corrected chi connectivity index (χ3v) is 5.93. The molecule has 0 saturated carbocycles. The number of pyridine rings is 1. The maximum Gasteiger partial charge on any atom is 0.128 e. The summed E-state index contributed by atoms with van der Waals surface area (Å²) in [5, 5.41) is 0. The number of hydrogen-bond acceptors (Lipinski definition) is 3. The minimum absolute atomic E-state index is 0.0902. The maximum atomic E-state index is 6.37. The molecule has 1 aromatic heterocycles. The predicted molar refractivity (Wildman–Crippen MR) is 140 cm³/mol. The highest BCUT2D eigenvalue weighted by Gasteiger charge is 2.19. The summed E-state index contributed by atoms with van der Waals surface area (Å²) >= 11 is 0. The largest absolute Gasteiger partial charge is 0.491 e. The van der Waals surface area contributed by atoms with Crippen LogP contribution in [0.25, 0.3) is 11.3 Å². The second-order valence-electron chi connectivity index (χ2n) is 8.84. The van der Waals surface area contributed by atoms with Crippen LogP contribution in [-0.2, 0) is 25.9 Å². The predicted octanol–water partition coefficient (Wildman–Crippen LogP) is 7.16. The lowest BCUT2D eigenvalue weighted by atomic mass is 9.94. The van der Waals surface area contributed by atoms with Crippen molar-refractivity contribution in [1.29, 1.82) is 0 Å². The summed E-state index contributed by atoms with van der Waals surface area (Å²) in [6.45, 7) is 17.1. The Labute approximate surface area is 200 Å². The Morgan fingerprint density at radius 3 is 2.21 bits per heavy atom. The first-order valence-electron chi connectivity index (χ1n) is 12.1. The van der Waals surface area contributed by atoms with Crippen LogP contribution in [0, 0.1) is 6.92 Å². The van der Waals surface area contributed by atoms with Crippen LogP contribution in [0.4, 0.5) is 0 Å². The van der Waals surface area contributed by atoms with Crippen LogP contribution < -0.4 is 4.74 Å². The summed E-state index contributed by atoms with van der Waals surface area (Å²) in [5.41, 5.74) is 8.41. The van der Waals surface area contributed by atoms with Crippen molar-refractivity contribution in [1.82, 2.24) is 9.88 Å². The van der Waals surface area contributed by atoms with Crippen LogP contribution in [0.2, 0.25) is 0 Å². The molecule has 0 bridgehead atoms. The summed E-state index contributed by atoms with van der Waals surface area (Å²) < 4.78 is 6.37. The highest BCUT2D eigenvalue weighted by atomic mass is 16.5. The van der Waals surface area contributed by atoms with Gasteiger partial charge in [0.05, 0.1) is 11.8 Å². The fourth-order valence-electron chi connectivity index (χ4n) is 4.35. The fraction of sp³-hybridized carbons (Fsp3) is 0.367. The molecule has 0 saturated heterocycles. The third kappa shape index (κ3) is 6.33. The minimum Gasteiger partial charge on any atom is -0.491 e. The number of ether oxygens (including phenoxy) is 1. The summed E-state index contributed by atoms with van der Waals surface area (Å²) in [5.74, 6) is 0.933. The molecule has 0 aliphatic carbocycles. The summed E-state index contributed by atoms with van der Waals surface area (Å²) in [6, 6.07) is 19.3. The van der Waals surface area contributed by atoms with E-state index in [9.17, 15) is 0 Å². The molecule has 33 heavy (non-hydrogen) atoms. The molecule has 0 atom stereocenters. The van der Waals surface area contributed by atoms with Gasteiger partial charge in [0.2, 0.25) is 0 Å². The van der Waals surface area contributed by atoms with Gasteiger partial charge < -0.3 is 4.74 Å². The lowest BCUT2D eigenvalue weighted by Crippen LogP contribution is -2.24. The zero-order chi connectivity index (χ0) is 23.8. The van der Waals surface area contributed by atoms with Crippen molar-refractivity contribution in [3.05, 3.63) is 95.2 Å². The van der Waals surface area contributed by atoms with E-state index in [0.717, 1.165) is 55.2 Å². The van der Waals surface area contributed by atoms with E-state index in [1.807, 2.05) is 6.08 Å². The van der Waals surface area contributed by atoms with Crippen molar-refractivity contribution in [3.63, 3.8) is 0 Å². The zero-order valence-corrected chi connectivity index (χ0v) is 20.9. The molecule has 0 N–H and O–H groups in total. The molecule has 0 unspecified atom stereocenters. The Kier molecular flexibility index (Phi) is 8.85. The van der Waals surface area contributed by atoms with Gasteiger partial charge >= 0.3 is 0 Å². The minimum atomic E-state index is 0.0902. The maximum absolute atomic E-state index is 6.37. The van der Waals surface area contributed by atoms with Gasteiger partial charge in [0.25, 0.3) is 0 Å². The number of benzene rings is 2. The zero-order valence-electron chi connectivity index (χ0n) is 20.9. The van der Waals surface area contributed by atoms with Crippen molar-refractivity contribution >= 4 is 0 Å². The van der Waals surface area contributed by atoms with E-state index in [-0.39, 0.29) is 6.10 Å². The highest BCUT2D eigenvalue weighted by molar-refractivity contribution is 5.70. The fourth-order valence-corrected chi connectivity index (χ4v) is 4.35. The molecule has 0 amide bonds. The molecule has 1 heterocycles. The van der Waals surface area contributed by atoms with Gasteiger partial charge in [-0.3, -0.25) is 9.88 Å². The number of hydrogen-bond donors (Lipinski definition) is 0. The van der Waals surface area contributed by atoms with Gasteiger partial charge in [-0.1, -0.05) is 68.5 Å². The molecule has 3 aromatic rings. The van der Waals surface area contributed by atoms with Crippen LogP contribution in [0.5, 0.6) is 5.75 Å². The second kappa shape index (κ2) is 11.8. The monoisotopic (exact) mass is 442 g/mol. The SMILES string of the molecule is C=CCN(Cc1ccccc1)Cc1c(OC(C)C)cc(-c2c(CC)cccc2CC)nc1C. The molecule has 0 aliphatic heterocycles. The molecule has 174 valence electrons. The molecule has 0 aliphatic rings.